The first-order valence-electron chi connectivity index (χ1n) is 10.3. The van der Waals surface area contributed by atoms with E-state index in [0.29, 0.717) is 11.3 Å². The summed E-state index contributed by atoms with van der Waals surface area (Å²) in [7, 11) is -0.943. The average molecular weight is 497 g/mol. The van der Waals surface area contributed by atoms with Gasteiger partial charge in [-0.15, -0.1) is 0 Å². The third kappa shape index (κ3) is 6.22. The first kappa shape index (κ1) is 25.4. The summed E-state index contributed by atoms with van der Waals surface area (Å²) < 4.78 is 31.3. The number of amides is 3. The maximum Gasteiger partial charge on any atom is 0.269 e. The molecule has 0 unspecified atom stereocenters. The fourth-order valence-corrected chi connectivity index (χ4v) is 3.97. The minimum absolute atomic E-state index is 0.0490. The van der Waals surface area contributed by atoms with E-state index in [1.54, 1.807) is 48.5 Å². The standard InChI is InChI=1S/C24H24N4O6S/c1-28(2)35(32,33)19-10-6-9-18(14-19)24(31)27-26-23(30)17-8-5-7-16(13-17)15-34-21-12-4-3-11-20(21)22(25)29/h3-14H,15H2,1-2H3,(H2,25,29)(H,26,30)(H,27,31). The number of carbonyl (C=O) groups is 3. The summed E-state index contributed by atoms with van der Waals surface area (Å²) in [5, 5.41) is 0. The van der Waals surface area contributed by atoms with E-state index in [1.807, 2.05) is 0 Å². The maximum atomic E-state index is 12.5. The highest BCUT2D eigenvalue weighted by Gasteiger charge is 2.19. The van der Waals surface area contributed by atoms with Crippen LogP contribution < -0.4 is 21.3 Å². The zero-order valence-corrected chi connectivity index (χ0v) is 19.8. The molecule has 0 aliphatic heterocycles. The van der Waals surface area contributed by atoms with Crippen molar-refractivity contribution in [3.8, 4) is 5.75 Å². The van der Waals surface area contributed by atoms with Crippen molar-refractivity contribution in [2.45, 2.75) is 11.5 Å². The third-order valence-electron chi connectivity index (χ3n) is 4.90. The van der Waals surface area contributed by atoms with Crippen molar-refractivity contribution in [3.05, 3.63) is 95.1 Å². The fraction of sp³-hybridized carbons (Fsp3) is 0.125. The van der Waals surface area contributed by atoms with Gasteiger partial charge in [0.1, 0.15) is 12.4 Å². The Balaban J connectivity index is 1.64. The van der Waals surface area contributed by atoms with Gasteiger partial charge in [0.05, 0.1) is 10.5 Å². The molecule has 10 nitrogen and oxygen atoms in total. The van der Waals surface area contributed by atoms with Crippen molar-refractivity contribution >= 4 is 27.7 Å². The molecule has 4 N–H and O–H groups in total. The molecular weight excluding hydrogens is 472 g/mol. The third-order valence-corrected chi connectivity index (χ3v) is 6.71. The lowest BCUT2D eigenvalue weighted by Crippen LogP contribution is -2.41. The number of hydrogen-bond acceptors (Lipinski definition) is 6. The number of para-hydroxylation sites is 1. The van der Waals surface area contributed by atoms with Gasteiger partial charge in [-0.1, -0.05) is 30.3 Å². The Kier molecular flexibility index (Phi) is 7.84. The molecule has 0 fully saturated rings. The van der Waals surface area contributed by atoms with Gasteiger partial charge in [0.2, 0.25) is 10.0 Å². The van der Waals surface area contributed by atoms with Crippen molar-refractivity contribution in [2.24, 2.45) is 5.73 Å². The van der Waals surface area contributed by atoms with E-state index in [2.05, 4.69) is 10.9 Å². The summed E-state index contributed by atoms with van der Waals surface area (Å²) in [4.78, 5) is 36.5. The fourth-order valence-electron chi connectivity index (χ4n) is 3.03. The second-order valence-electron chi connectivity index (χ2n) is 7.57. The van der Waals surface area contributed by atoms with Gasteiger partial charge in [0, 0.05) is 25.2 Å². The molecule has 0 radical (unpaired) electrons. The van der Waals surface area contributed by atoms with Crippen LogP contribution in [-0.4, -0.2) is 44.5 Å². The Morgan fingerprint density at radius 2 is 1.46 bits per heavy atom. The number of hydrazine groups is 1. The van der Waals surface area contributed by atoms with Crippen LogP contribution in [0.25, 0.3) is 0 Å². The molecule has 0 saturated carbocycles. The number of primary amides is 1. The lowest BCUT2D eigenvalue weighted by atomic mass is 10.1. The minimum atomic E-state index is -3.72. The van der Waals surface area contributed by atoms with Gasteiger partial charge in [0.25, 0.3) is 17.7 Å². The number of nitrogens with one attached hydrogen (secondary N) is 2. The van der Waals surface area contributed by atoms with Crippen molar-refractivity contribution in [3.63, 3.8) is 0 Å². The molecule has 0 bridgehead atoms. The largest absolute Gasteiger partial charge is 0.488 e. The van der Waals surface area contributed by atoms with Crippen LogP contribution in [0.1, 0.15) is 36.6 Å². The Hall–Kier alpha value is -4.22. The Morgan fingerprint density at radius 3 is 2.09 bits per heavy atom. The van der Waals surface area contributed by atoms with Crippen LogP contribution in [0.2, 0.25) is 0 Å². The summed E-state index contributed by atoms with van der Waals surface area (Å²) >= 11 is 0. The van der Waals surface area contributed by atoms with Gasteiger partial charge in [0.15, 0.2) is 0 Å². The molecule has 3 aromatic rings. The van der Waals surface area contributed by atoms with Gasteiger partial charge in [-0.2, -0.15) is 0 Å². The summed E-state index contributed by atoms with van der Waals surface area (Å²) in [6, 6.07) is 18.5. The number of rotatable bonds is 8. The predicted molar refractivity (Wildman–Crippen MR) is 128 cm³/mol. The zero-order chi connectivity index (χ0) is 25.6. The highest BCUT2D eigenvalue weighted by Crippen LogP contribution is 2.19. The molecule has 11 heteroatoms. The van der Waals surface area contributed by atoms with Crippen molar-refractivity contribution in [2.75, 3.05) is 14.1 Å². The minimum Gasteiger partial charge on any atom is -0.488 e. The van der Waals surface area contributed by atoms with Crippen LogP contribution in [0.3, 0.4) is 0 Å². The molecule has 3 amide bonds. The lowest BCUT2D eigenvalue weighted by molar-refractivity contribution is 0.0846. The SMILES string of the molecule is CN(C)S(=O)(=O)c1cccc(C(=O)NNC(=O)c2cccc(COc3ccccc3C(N)=O)c2)c1. The Morgan fingerprint density at radius 1 is 0.857 bits per heavy atom. The molecule has 0 aliphatic carbocycles. The highest BCUT2D eigenvalue weighted by atomic mass is 32.2. The van der Waals surface area contributed by atoms with Crippen LogP contribution in [-0.2, 0) is 16.6 Å². The smallest absolute Gasteiger partial charge is 0.269 e. The van der Waals surface area contributed by atoms with Gasteiger partial charge >= 0.3 is 0 Å². The molecule has 0 aromatic heterocycles. The Bertz CT molecular complexity index is 1370. The normalized spacial score (nSPS) is 11.1. The quantitative estimate of drug-likeness (QED) is 0.404. The number of carbonyl (C=O) groups excluding carboxylic acids is 3. The molecular formula is C24H24N4O6S. The zero-order valence-electron chi connectivity index (χ0n) is 19.0. The van der Waals surface area contributed by atoms with Crippen LogP contribution in [0.4, 0.5) is 0 Å². The molecule has 0 saturated heterocycles. The molecule has 35 heavy (non-hydrogen) atoms. The number of benzene rings is 3. The molecule has 0 spiro atoms. The van der Waals surface area contributed by atoms with Crippen molar-refractivity contribution in [1.29, 1.82) is 0 Å². The Labute approximate surface area is 202 Å². The van der Waals surface area contributed by atoms with Gasteiger partial charge < -0.3 is 10.5 Å². The number of nitrogens with zero attached hydrogens (tertiary/aromatic N) is 1. The number of hydrogen-bond donors (Lipinski definition) is 3. The number of ether oxygens (including phenoxy) is 1. The van der Waals surface area contributed by atoms with E-state index in [-0.39, 0.29) is 28.2 Å². The summed E-state index contributed by atoms with van der Waals surface area (Å²) in [6.45, 7) is 0.0743. The lowest BCUT2D eigenvalue weighted by Gasteiger charge is -2.13. The maximum absolute atomic E-state index is 12.5. The monoisotopic (exact) mass is 496 g/mol. The first-order valence-corrected chi connectivity index (χ1v) is 11.8. The molecule has 3 rings (SSSR count). The van der Waals surface area contributed by atoms with Gasteiger partial charge in [-0.05, 0) is 48.0 Å². The van der Waals surface area contributed by atoms with Crippen LogP contribution in [0.5, 0.6) is 5.75 Å². The second kappa shape index (κ2) is 10.8. The predicted octanol–water partition coefficient (Wildman–Crippen LogP) is 1.69. The van der Waals surface area contributed by atoms with Crippen molar-refractivity contribution < 1.29 is 27.5 Å². The van der Waals surface area contributed by atoms with E-state index in [4.69, 9.17) is 10.5 Å². The van der Waals surface area contributed by atoms with E-state index in [0.717, 1.165) is 4.31 Å². The van der Waals surface area contributed by atoms with E-state index < -0.39 is 27.7 Å². The van der Waals surface area contributed by atoms with Gasteiger partial charge in [-0.25, -0.2) is 12.7 Å². The van der Waals surface area contributed by atoms with Crippen LogP contribution in [0.15, 0.2) is 77.7 Å². The summed E-state index contributed by atoms with van der Waals surface area (Å²) in [6.07, 6.45) is 0. The second-order valence-corrected chi connectivity index (χ2v) is 9.72. The van der Waals surface area contributed by atoms with E-state index in [1.165, 1.54) is 38.4 Å². The number of nitrogens with two attached hydrogens (primary N) is 1. The molecule has 0 heterocycles. The molecule has 0 aliphatic rings. The first-order chi connectivity index (χ1) is 16.6. The van der Waals surface area contributed by atoms with Crippen LogP contribution >= 0.6 is 0 Å². The molecule has 0 atom stereocenters. The van der Waals surface area contributed by atoms with E-state index in [9.17, 15) is 22.8 Å². The summed E-state index contributed by atoms with van der Waals surface area (Å²) in [5.41, 5.74) is 11.1. The van der Waals surface area contributed by atoms with Gasteiger partial charge in [-0.3, -0.25) is 25.2 Å². The topological polar surface area (TPSA) is 148 Å². The average Bonchev–Trinajstić information content (AvgIpc) is 2.86. The molecule has 182 valence electrons. The van der Waals surface area contributed by atoms with Crippen molar-refractivity contribution in [1.82, 2.24) is 15.2 Å². The summed E-state index contributed by atoms with van der Waals surface area (Å²) in [5.74, 6) is -1.57. The molecule has 3 aromatic carbocycles. The van der Waals surface area contributed by atoms with Crippen LogP contribution in [0, 0.1) is 0 Å². The highest BCUT2D eigenvalue weighted by molar-refractivity contribution is 7.89. The van der Waals surface area contributed by atoms with E-state index >= 15 is 0 Å². The number of sulfonamides is 1.